The van der Waals surface area contributed by atoms with E-state index in [-0.39, 0.29) is 24.0 Å². The van der Waals surface area contributed by atoms with Crippen LogP contribution in [0.5, 0.6) is 0 Å². The van der Waals surface area contributed by atoms with E-state index >= 15 is 0 Å². The topological polar surface area (TPSA) is 44.4 Å². The van der Waals surface area contributed by atoms with Gasteiger partial charge in [-0.05, 0) is 48.8 Å². The average molecular weight is 376 g/mol. The third kappa shape index (κ3) is 3.60. The van der Waals surface area contributed by atoms with Crippen molar-refractivity contribution in [1.29, 1.82) is 0 Å². The van der Waals surface area contributed by atoms with Crippen LogP contribution in [0.1, 0.15) is 35.7 Å². The zero-order valence-electron chi connectivity index (χ0n) is 14.0. The van der Waals surface area contributed by atoms with Gasteiger partial charge in [-0.1, -0.05) is 35.9 Å². The Hall–Kier alpha value is -1.40. The summed E-state index contributed by atoms with van der Waals surface area (Å²) in [4.78, 5) is 16.4. The van der Waals surface area contributed by atoms with Crippen LogP contribution in [-0.2, 0) is 11.2 Å². The summed E-state index contributed by atoms with van der Waals surface area (Å²) in [5, 5.41) is 2.87. The van der Waals surface area contributed by atoms with E-state index in [1.54, 1.807) is 11.3 Å². The first-order chi connectivity index (χ1) is 12.2. The minimum Gasteiger partial charge on any atom is -0.338 e. The number of amides is 1. The number of nitrogens with zero attached hydrogens (tertiary/aromatic N) is 1. The second-order valence-corrected chi connectivity index (χ2v) is 8.15. The van der Waals surface area contributed by atoms with Gasteiger partial charge in [-0.2, -0.15) is 0 Å². The van der Waals surface area contributed by atoms with Gasteiger partial charge in [0.2, 0.25) is 5.91 Å². The number of carbonyl (C=O) groups excluding carboxylic acids is 1. The van der Waals surface area contributed by atoms with Crippen LogP contribution < -0.4 is 10.9 Å². The zero-order chi connectivity index (χ0) is 17.2. The highest BCUT2D eigenvalue weighted by molar-refractivity contribution is 7.10. The van der Waals surface area contributed by atoms with Gasteiger partial charge < -0.3 is 4.90 Å². The number of rotatable bonds is 4. The minimum atomic E-state index is -0.154. The number of likely N-dealkylation sites (tertiary alicyclic amines) is 1. The molecule has 3 unspecified atom stereocenters. The smallest absolute Gasteiger partial charge is 0.241 e. The third-order valence-corrected chi connectivity index (χ3v) is 6.52. The molecule has 2 aromatic rings. The van der Waals surface area contributed by atoms with Gasteiger partial charge >= 0.3 is 0 Å². The van der Waals surface area contributed by atoms with Crippen LogP contribution in [-0.4, -0.2) is 29.4 Å². The van der Waals surface area contributed by atoms with E-state index in [0.29, 0.717) is 0 Å². The first kappa shape index (κ1) is 17.0. The van der Waals surface area contributed by atoms with E-state index in [1.807, 2.05) is 18.2 Å². The SMILES string of the molecule is O=C(C1CC(c2cccs2)NN1)N1CCCC1Cc1ccccc1Cl. The van der Waals surface area contributed by atoms with Crippen molar-refractivity contribution in [3.63, 3.8) is 0 Å². The molecule has 3 atom stereocenters. The molecular formula is C19H22ClN3OS. The number of hydrogen-bond acceptors (Lipinski definition) is 4. The predicted octanol–water partition coefficient (Wildman–Crippen LogP) is 3.54. The molecule has 2 saturated heterocycles. The molecule has 2 aliphatic heterocycles. The van der Waals surface area contributed by atoms with Crippen LogP contribution in [0, 0.1) is 0 Å². The Morgan fingerprint density at radius 2 is 2.12 bits per heavy atom. The Morgan fingerprint density at radius 1 is 1.24 bits per heavy atom. The molecule has 0 bridgehead atoms. The lowest BCUT2D eigenvalue weighted by Crippen LogP contribution is -2.48. The van der Waals surface area contributed by atoms with Crippen LogP contribution >= 0.6 is 22.9 Å². The minimum absolute atomic E-state index is 0.154. The van der Waals surface area contributed by atoms with Crippen molar-refractivity contribution in [3.8, 4) is 0 Å². The maximum Gasteiger partial charge on any atom is 0.241 e. The Labute approximate surface area is 157 Å². The van der Waals surface area contributed by atoms with E-state index in [4.69, 9.17) is 11.6 Å². The molecule has 0 spiro atoms. The fourth-order valence-electron chi connectivity index (χ4n) is 3.85. The second kappa shape index (κ2) is 7.46. The van der Waals surface area contributed by atoms with Crippen LogP contribution in [0.3, 0.4) is 0 Å². The summed E-state index contributed by atoms with van der Waals surface area (Å²) in [5.41, 5.74) is 7.61. The van der Waals surface area contributed by atoms with Gasteiger partial charge in [0.1, 0.15) is 6.04 Å². The van der Waals surface area contributed by atoms with E-state index in [0.717, 1.165) is 42.8 Å². The molecule has 4 nitrogen and oxygen atoms in total. The van der Waals surface area contributed by atoms with Gasteiger partial charge in [0.05, 0.1) is 6.04 Å². The summed E-state index contributed by atoms with van der Waals surface area (Å²) >= 11 is 8.04. The standard InChI is InChI=1S/C19H22ClN3OS/c20-15-7-2-1-5-13(15)11-14-6-3-9-23(14)19(24)17-12-16(21-22-17)18-8-4-10-25-18/h1-2,4-5,7-8,10,14,16-17,21-22H,3,6,9,11-12H2. The molecule has 2 aliphatic rings. The van der Waals surface area contributed by atoms with Gasteiger partial charge in [-0.3, -0.25) is 4.79 Å². The van der Waals surface area contributed by atoms with Gasteiger partial charge in [-0.25, -0.2) is 10.9 Å². The lowest BCUT2D eigenvalue weighted by molar-refractivity contribution is -0.134. The molecule has 1 aromatic carbocycles. The number of benzene rings is 1. The van der Waals surface area contributed by atoms with E-state index in [1.165, 1.54) is 4.88 Å². The fraction of sp³-hybridized carbons (Fsp3) is 0.421. The molecule has 25 heavy (non-hydrogen) atoms. The van der Waals surface area contributed by atoms with Crippen molar-refractivity contribution in [2.75, 3.05) is 6.54 Å². The maximum atomic E-state index is 13.0. The van der Waals surface area contributed by atoms with Crippen molar-refractivity contribution in [3.05, 3.63) is 57.2 Å². The Morgan fingerprint density at radius 3 is 2.92 bits per heavy atom. The molecule has 1 aromatic heterocycles. The molecular weight excluding hydrogens is 354 g/mol. The van der Waals surface area contributed by atoms with Crippen LogP contribution in [0.2, 0.25) is 5.02 Å². The van der Waals surface area contributed by atoms with Crippen molar-refractivity contribution >= 4 is 28.8 Å². The summed E-state index contributed by atoms with van der Waals surface area (Å²) in [7, 11) is 0. The van der Waals surface area contributed by atoms with Crippen LogP contribution in [0.4, 0.5) is 0 Å². The highest BCUT2D eigenvalue weighted by Crippen LogP contribution is 2.29. The van der Waals surface area contributed by atoms with E-state index in [2.05, 4.69) is 39.3 Å². The zero-order valence-corrected chi connectivity index (χ0v) is 15.5. The second-order valence-electron chi connectivity index (χ2n) is 6.77. The van der Waals surface area contributed by atoms with Gasteiger partial charge in [0, 0.05) is 22.5 Å². The Kier molecular flexibility index (Phi) is 5.08. The van der Waals surface area contributed by atoms with Crippen molar-refractivity contribution in [2.45, 2.75) is 43.8 Å². The first-order valence-corrected chi connectivity index (χ1v) is 10.1. The highest BCUT2D eigenvalue weighted by atomic mass is 35.5. The lowest BCUT2D eigenvalue weighted by atomic mass is 10.0. The predicted molar refractivity (Wildman–Crippen MR) is 102 cm³/mol. The summed E-state index contributed by atoms with van der Waals surface area (Å²) in [6, 6.07) is 12.4. The van der Waals surface area contributed by atoms with Crippen LogP contribution in [0.15, 0.2) is 41.8 Å². The molecule has 132 valence electrons. The molecule has 2 N–H and O–H groups in total. The van der Waals surface area contributed by atoms with Gasteiger partial charge in [0.25, 0.3) is 0 Å². The number of halogens is 1. The van der Waals surface area contributed by atoms with Gasteiger partial charge in [-0.15, -0.1) is 11.3 Å². The molecule has 0 saturated carbocycles. The lowest BCUT2D eigenvalue weighted by Gasteiger charge is -2.27. The molecule has 6 heteroatoms. The number of nitrogens with one attached hydrogen (secondary N) is 2. The molecule has 1 amide bonds. The largest absolute Gasteiger partial charge is 0.338 e. The molecule has 0 aliphatic carbocycles. The molecule has 0 radical (unpaired) electrons. The van der Waals surface area contributed by atoms with Gasteiger partial charge in [0.15, 0.2) is 0 Å². The fourth-order valence-corrected chi connectivity index (χ4v) is 4.85. The molecule has 3 heterocycles. The molecule has 2 fully saturated rings. The normalized spacial score (nSPS) is 26.3. The summed E-state index contributed by atoms with van der Waals surface area (Å²) in [5.74, 6) is 0.209. The van der Waals surface area contributed by atoms with Crippen molar-refractivity contribution in [2.24, 2.45) is 0 Å². The quantitative estimate of drug-likeness (QED) is 0.859. The van der Waals surface area contributed by atoms with Crippen LogP contribution in [0.25, 0.3) is 0 Å². The summed E-state index contributed by atoms with van der Waals surface area (Å²) < 4.78 is 0. The highest BCUT2D eigenvalue weighted by Gasteiger charge is 2.37. The maximum absolute atomic E-state index is 13.0. The van der Waals surface area contributed by atoms with E-state index in [9.17, 15) is 4.79 Å². The number of hydrogen-bond donors (Lipinski definition) is 2. The van der Waals surface area contributed by atoms with Crippen molar-refractivity contribution in [1.82, 2.24) is 15.8 Å². The first-order valence-electron chi connectivity index (χ1n) is 8.80. The average Bonchev–Trinajstić information content (AvgIpc) is 3.37. The number of carbonyl (C=O) groups is 1. The summed E-state index contributed by atoms with van der Waals surface area (Å²) in [6.07, 6.45) is 3.75. The monoisotopic (exact) mass is 375 g/mol. The number of hydrazine groups is 1. The van der Waals surface area contributed by atoms with E-state index < -0.39 is 0 Å². The van der Waals surface area contributed by atoms with Crippen molar-refractivity contribution < 1.29 is 4.79 Å². The Bertz CT molecular complexity index is 736. The Balaban J connectivity index is 1.42. The summed E-state index contributed by atoms with van der Waals surface area (Å²) in [6.45, 7) is 0.843. The molecule has 4 rings (SSSR count). The third-order valence-electron chi connectivity index (χ3n) is 5.16. The number of thiophene rings is 1.